The Morgan fingerprint density at radius 2 is 2.32 bits per heavy atom. The molecule has 19 heavy (non-hydrogen) atoms. The number of amides is 2. The summed E-state index contributed by atoms with van der Waals surface area (Å²) >= 11 is 12.1. The first-order valence-electron chi connectivity index (χ1n) is 5.54. The molecule has 2 amide bonds. The zero-order valence-corrected chi connectivity index (χ0v) is 12.4. The van der Waals surface area contributed by atoms with Crippen molar-refractivity contribution in [2.45, 2.75) is 18.6 Å². The van der Waals surface area contributed by atoms with Crippen molar-refractivity contribution >= 4 is 57.4 Å². The van der Waals surface area contributed by atoms with Crippen molar-refractivity contribution in [3.05, 3.63) is 28.8 Å². The molecule has 1 heterocycles. The molecule has 1 saturated heterocycles. The van der Waals surface area contributed by atoms with Crippen LogP contribution in [0.1, 0.15) is 12.0 Å². The lowest BCUT2D eigenvalue weighted by Crippen LogP contribution is -2.27. The van der Waals surface area contributed by atoms with Gasteiger partial charge in [0, 0.05) is 17.1 Å². The standard InChI is InChI=1S/C12H11ClN2O2S2/c1-6-7(13)3-2-4-8(6)14-10(16)5-9-11(17)15-12(18)19-9/h2-4,9H,5H2,1H3,(H,14,16)(H,15,17,18)/t9-/m1/s1. The quantitative estimate of drug-likeness (QED) is 0.842. The Bertz CT molecular complexity index is 563. The van der Waals surface area contributed by atoms with Crippen LogP contribution in [0, 0.1) is 6.92 Å². The van der Waals surface area contributed by atoms with E-state index in [1.54, 1.807) is 18.2 Å². The Hall–Kier alpha value is -1.11. The summed E-state index contributed by atoms with van der Waals surface area (Å²) in [5.74, 6) is -0.448. The summed E-state index contributed by atoms with van der Waals surface area (Å²) in [6, 6.07) is 5.29. The minimum Gasteiger partial charge on any atom is -0.326 e. The molecule has 0 bridgehead atoms. The zero-order chi connectivity index (χ0) is 14.0. The lowest BCUT2D eigenvalue weighted by atomic mass is 10.2. The van der Waals surface area contributed by atoms with Crippen molar-refractivity contribution in [3.8, 4) is 0 Å². The van der Waals surface area contributed by atoms with E-state index in [-0.39, 0.29) is 18.2 Å². The molecule has 0 spiro atoms. The van der Waals surface area contributed by atoms with Gasteiger partial charge in [-0.1, -0.05) is 41.6 Å². The van der Waals surface area contributed by atoms with Crippen molar-refractivity contribution in [2.24, 2.45) is 0 Å². The highest BCUT2D eigenvalue weighted by molar-refractivity contribution is 8.24. The SMILES string of the molecule is Cc1c(Cl)cccc1NC(=O)C[C@H]1SC(=S)NC1=O. The van der Waals surface area contributed by atoms with Gasteiger partial charge in [0.25, 0.3) is 0 Å². The first-order valence-corrected chi connectivity index (χ1v) is 7.20. The zero-order valence-electron chi connectivity index (χ0n) is 10.0. The number of benzene rings is 1. The Morgan fingerprint density at radius 1 is 1.58 bits per heavy atom. The van der Waals surface area contributed by atoms with Crippen LogP contribution in [0.15, 0.2) is 18.2 Å². The highest BCUT2D eigenvalue weighted by Crippen LogP contribution is 2.25. The third-order valence-corrected chi connectivity index (χ3v) is 4.46. The van der Waals surface area contributed by atoms with E-state index in [2.05, 4.69) is 10.6 Å². The number of hydrogen-bond donors (Lipinski definition) is 2. The van der Waals surface area contributed by atoms with Gasteiger partial charge in [-0.3, -0.25) is 9.59 Å². The van der Waals surface area contributed by atoms with Crippen molar-refractivity contribution in [1.82, 2.24) is 5.32 Å². The first kappa shape index (κ1) is 14.3. The van der Waals surface area contributed by atoms with Gasteiger partial charge in [-0.25, -0.2) is 0 Å². The van der Waals surface area contributed by atoms with Gasteiger partial charge >= 0.3 is 0 Å². The van der Waals surface area contributed by atoms with E-state index in [9.17, 15) is 9.59 Å². The molecule has 1 aromatic rings. The molecule has 100 valence electrons. The minimum atomic E-state index is -0.452. The van der Waals surface area contributed by atoms with Gasteiger partial charge < -0.3 is 10.6 Å². The summed E-state index contributed by atoms with van der Waals surface area (Å²) in [4.78, 5) is 23.4. The van der Waals surface area contributed by atoms with Gasteiger partial charge in [-0.2, -0.15) is 0 Å². The molecule has 1 aromatic carbocycles. The smallest absolute Gasteiger partial charge is 0.239 e. The fourth-order valence-electron chi connectivity index (χ4n) is 1.64. The maximum Gasteiger partial charge on any atom is 0.239 e. The van der Waals surface area contributed by atoms with E-state index in [1.807, 2.05) is 6.92 Å². The third-order valence-electron chi connectivity index (χ3n) is 2.68. The number of hydrogen-bond acceptors (Lipinski definition) is 4. The number of rotatable bonds is 3. The molecule has 0 radical (unpaired) electrons. The summed E-state index contributed by atoms with van der Waals surface area (Å²) in [6.45, 7) is 1.82. The number of thioether (sulfide) groups is 1. The molecule has 2 rings (SSSR count). The Morgan fingerprint density at radius 3 is 2.95 bits per heavy atom. The molecule has 0 unspecified atom stereocenters. The summed E-state index contributed by atoms with van der Waals surface area (Å²) in [7, 11) is 0. The van der Waals surface area contributed by atoms with Crippen LogP contribution >= 0.6 is 35.6 Å². The summed E-state index contributed by atoms with van der Waals surface area (Å²) < 4.78 is 0.418. The number of halogens is 1. The fraction of sp³-hybridized carbons (Fsp3) is 0.250. The van der Waals surface area contributed by atoms with Gasteiger partial charge in [0.1, 0.15) is 4.32 Å². The van der Waals surface area contributed by atoms with E-state index in [4.69, 9.17) is 23.8 Å². The van der Waals surface area contributed by atoms with Crippen LogP contribution in [0.4, 0.5) is 5.69 Å². The molecule has 7 heteroatoms. The van der Waals surface area contributed by atoms with Crippen LogP contribution in [-0.4, -0.2) is 21.4 Å². The van der Waals surface area contributed by atoms with E-state index in [0.717, 1.165) is 5.56 Å². The summed E-state index contributed by atoms with van der Waals surface area (Å²) in [5, 5.41) is 5.40. The maximum absolute atomic E-state index is 11.9. The topological polar surface area (TPSA) is 58.2 Å². The Labute approximate surface area is 125 Å². The second-order valence-electron chi connectivity index (χ2n) is 4.05. The number of anilines is 1. The van der Waals surface area contributed by atoms with E-state index in [1.165, 1.54) is 11.8 Å². The average Bonchev–Trinajstić information content (AvgIpc) is 2.64. The Balaban J connectivity index is 2.00. The van der Waals surface area contributed by atoms with E-state index < -0.39 is 5.25 Å². The predicted octanol–water partition coefficient (Wildman–Crippen LogP) is 2.49. The molecular weight excluding hydrogens is 304 g/mol. The maximum atomic E-state index is 11.9. The van der Waals surface area contributed by atoms with Gasteiger partial charge in [-0.05, 0) is 24.6 Å². The van der Waals surface area contributed by atoms with Crippen LogP contribution in [0.5, 0.6) is 0 Å². The van der Waals surface area contributed by atoms with Crippen molar-refractivity contribution < 1.29 is 9.59 Å². The minimum absolute atomic E-state index is 0.0859. The first-order chi connectivity index (χ1) is 8.97. The summed E-state index contributed by atoms with van der Waals surface area (Å²) in [5.41, 5.74) is 1.46. The van der Waals surface area contributed by atoms with Crippen LogP contribution in [0.2, 0.25) is 5.02 Å². The molecule has 0 saturated carbocycles. The van der Waals surface area contributed by atoms with Crippen LogP contribution in [0.3, 0.4) is 0 Å². The monoisotopic (exact) mass is 314 g/mol. The van der Waals surface area contributed by atoms with Crippen LogP contribution < -0.4 is 10.6 Å². The molecule has 1 aliphatic heterocycles. The number of carbonyl (C=O) groups is 2. The highest BCUT2D eigenvalue weighted by atomic mass is 35.5. The number of thiocarbonyl (C=S) groups is 1. The molecule has 0 aliphatic carbocycles. The van der Waals surface area contributed by atoms with Gasteiger partial charge in [0.05, 0.1) is 5.25 Å². The Kier molecular flexibility index (Phi) is 4.44. The summed E-state index contributed by atoms with van der Waals surface area (Å²) in [6.07, 6.45) is 0.0859. The molecule has 1 fully saturated rings. The highest BCUT2D eigenvalue weighted by Gasteiger charge is 2.31. The molecular formula is C12H11ClN2O2S2. The average molecular weight is 315 g/mol. The van der Waals surface area contributed by atoms with Crippen molar-refractivity contribution in [1.29, 1.82) is 0 Å². The van der Waals surface area contributed by atoms with E-state index >= 15 is 0 Å². The fourth-order valence-corrected chi connectivity index (χ4v) is 3.08. The van der Waals surface area contributed by atoms with Crippen LogP contribution in [-0.2, 0) is 9.59 Å². The largest absolute Gasteiger partial charge is 0.326 e. The van der Waals surface area contributed by atoms with Crippen LogP contribution in [0.25, 0.3) is 0 Å². The molecule has 0 aromatic heterocycles. The van der Waals surface area contributed by atoms with Crippen molar-refractivity contribution in [3.63, 3.8) is 0 Å². The van der Waals surface area contributed by atoms with Crippen molar-refractivity contribution in [2.75, 3.05) is 5.32 Å². The molecule has 1 aliphatic rings. The van der Waals surface area contributed by atoms with E-state index in [0.29, 0.717) is 15.0 Å². The molecule has 2 N–H and O–H groups in total. The van der Waals surface area contributed by atoms with Gasteiger partial charge in [0.2, 0.25) is 11.8 Å². The molecule has 1 atom stereocenters. The van der Waals surface area contributed by atoms with Gasteiger partial charge in [0.15, 0.2) is 0 Å². The number of carbonyl (C=O) groups excluding carboxylic acids is 2. The predicted molar refractivity (Wildman–Crippen MR) is 81.6 cm³/mol. The normalized spacial score (nSPS) is 18.3. The third kappa shape index (κ3) is 3.46. The second kappa shape index (κ2) is 5.90. The molecule has 4 nitrogen and oxygen atoms in total. The second-order valence-corrected chi connectivity index (χ2v) is 6.33. The lowest BCUT2D eigenvalue weighted by Gasteiger charge is -2.10. The number of nitrogens with one attached hydrogen (secondary N) is 2. The lowest BCUT2D eigenvalue weighted by molar-refractivity contribution is -0.122. The van der Waals surface area contributed by atoms with Gasteiger partial charge in [-0.15, -0.1) is 0 Å².